The van der Waals surface area contributed by atoms with Crippen LogP contribution in [-0.2, 0) is 4.79 Å². The minimum atomic E-state index is -0.638. The van der Waals surface area contributed by atoms with Crippen molar-refractivity contribution in [2.75, 3.05) is 32.1 Å². The van der Waals surface area contributed by atoms with Gasteiger partial charge in [-0.05, 0) is 56.8 Å². The fraction of sp³-hybridized carbons (Fsp3) is 0.909. The van der Waals surface area contributed by atoms with Gasteiger partial charge in [-0.3, -0.25) is 4.79 Å². The summed E-state index contributed by atoms with van der Waals surface area (Å²) < 4.78 is 0. The highest BCUT2D eigenvalue weighted by Crippen LogP contribution is 2.50. The Balaban J connectivity index is 2.02. The lowest BCUT2D eigenvalue weighted by molar-refractivity contribution is -0.138. The highest BCUT2D eigenvalue weighted by Gasteiger charge is 2.43. The van der Waals surface area contributed by atoms with Crippen molar-refractivity contribution in [2.45, 2.75) is 25.7 Å². The summed E-state index contributed by atoms with van der Waals surface area (Å²) in [5, 5.41) is 8.75. The Hall–Kier alpha value is -0.220. The molecule has 3 nitrogen and oxygen atoms in total. The van der Waals surface area contributed by atoms with Crippen LogP contribution in [0, 0.1) is 5.41 Å². The molecule has 4 heteroatoms. The summed E-state index contributed by atoms with van der Waals surface area (Å²) in [6, 6.07) is 0. The number of aliphatic carboxylic acids is 1. The molecule has 0 bridgehead atoms. The molecule has 0 radical (unpaired) electrons. The predicted octanol–water partition coefficient (Wildman–Crippen LogP) is 1.93. The first-order valence-electron chi connectivity index (χ1n) is 5.48. The van der Waals surface area contributed by atoms with Crippen LogP contribution in [0.4, 0.5) is 0 Å². The van der Waals surface area contributed by atoms with E-state index in [2.05, 4.69) is 19.0 Å². The van der Waals surface area contributed by atoms with Crippen molar-refractivity contribution in [3.63, 3.8) is 0 Å². The molecule has 0 atom stereocenters. The quantitative estimate of drug-likeness (QED) is 0.648. The van der Waals surface area contributed by atoms with Gasteiger partial charge >= 0.3 is 5.97 Å². The van der Waals surface area contributed by atoms with Crippen LogP contribution in [0.25, 0.3) is 0 Å². The van der Waals surface area contributed by atoms with Crippen molar-refractivity contribution < 1.29 is 9.90 Å². The van der Waals surface area contributed by atoms with E-state index in [9.17, 15) is 4.79 Å². The molecule has 0 saturated heterocycles. The molecule has 1 fully saturated rings. The number of rotatable bonds is 8. The zero-order chi connectivity index (χ0) is 11.3. The summed E-state index contributed by atoms with van der Waals surface area (Å²) in [6.45, 7) is 1.12. The Labute approximate surface area is 96.2 Å². The molecule has 0 aromatic carbocycles. The average Bonchev–Trinajstić information content (AvgIpc) is 2.83. The van der Waals surface area contributed by atoms with Crippen LogP contribution in [0.1, 0.15) is 25.7 Å². The van der Waals surface area contributed by atoms with Gasteiger partial charge in [-0.15, -0.1) is 0 Å². The highest BCUT2D eigenvalue weighted by atomic mass is 32.2. The Morgan fingerprint density at radius 3 is 2.60 bits per heavy atom. The SMILES string of the molecule is CN(C)CCCSCC1(CC(=O)O)CC1. The number of carbonyl (C=O) groups is 1. The molecular formula is C11H21NO2S. The summed E-state index contributed by atoms with van der Waals surface area (Å²) in [4.78, 5) is 12.8. The van der Waals surface area contributed by atoms with Gasteiger partial charge in [0.05, 0.1) is 6.42 Å². The number of carboxylic acid groups (broad SMARTS) is 1. The van der Waals surface area contributed by atoms with Crippen LogP contribution in [-0.4, -0.2) is 48.1 Å². The molecule has 0 spiro atoms. The van der Waals surface area contributed by atoms with E-state index in [-0.39, 0.29) is 5.41 Å². The summed E-state index contributed by atoms with van der Waals surface area (Å²) in [6.07, 6.45) is 3.79. The van der Waals surface area contributed by atoms with E-state index < -0.39 is 5.97 Å². The molecule has 1 aliphatic rings. The second kappa shape index (κ2) is 5.75. The average molecular weight is 231 g/mol. The van der Waals surface area contributed by atoms with Gasteiger partial charge in [0, 0.05) is 0 Å². The number of carboxylic acids is 1. The molecule has 1 saturated carbocycles. The summed E-state index contributed by atoms with van der Waals surface area (Å²) in [5.74, 6) is 1.55. The third-order valence-electron chi connectivity index (χ3n) is 2.79. The number of hydrogen-bond acceptors (Lipinski definition) is 3. The second-order valence-corrected chi connectivity index (χ2v) is 5.89. The fourth-order valence-corrected chi connectivity index (χ4v) is 2.94. The summed E-state index contributed by atoms with van der Waals surface area (Å²) >= 11 is 1.92. The predicted molar refractivity (Wildman–Crippen MR) is 64.4 cm³/mol. The van der Waals surface area contributed by atoms with E-state index >= 15 is 0 Å². The van der Waals surface area contributed by atoms with Crippen molar-refractivity contribution in [3.05, 3.63) is 0 Å². The number of hydrogen-bond donors (Lipinski definition) is 1. The van der Waals surface area contributed by atoms with Crippen LogP contribution in [0.5, 0.6) is 0 Å². The van der Waals surface area contributed by atoms with Crippen LogP contribution in [0.2, 0.25) is 0 Å². The Morgan fingerprint density at radius 2 is 2.13 bits per heavy atom. The van der Waals surface area contributed by atoms with E-state index in [1.807, 2.05) is 11.8 Å². The smallest absolute Gasteiger partial charge is 0.303 e. The van der Waals surface area contributed by atoms with Crippen LogP contribution in [0.15, 0.2) is 0 Å². The van der Waals surface area contributed by atoms with Gasteiger partial charge in [-0.1, -0.05) is 0 Å². The largest absolute Gasteiger partial charge is 0.481 e. The van der Waals surface area contributed by atoms with Gasteiger partial charge in [0.2, 0.25) is 0 Å². The van der Waals surface area contributed by atoms with Gasteiger partial charge in [-0.2, -0.15) is 11.8 Å². The van der Waals surface area contributed by atoms with E-state index in [0.717, 1.165) is 30.9 Å². The number of nitrogens with zero attached hydrogens (tertiary/aromatic N) is 1. The van der Waals surface area contributed by atoms with E-state index in [1.54, 1.807) is 0 Å². The number of thioether (sulfide) groups is 1. The van der Waals surface area contributed by atoms with Crippen molar-refractivity contribution >= 4 is 17.7 Å². The lowest BCUT2D eigenvalue weighted by Gasteiger charge is -2.12. The molecular weight excluding hydrogens is 210 g/mol. The molecule has 0 unspecified atom stereocenters. The molecule has 0 heterocycles. The van der Waals surface area contributed by atoms with Gasteiger partial charge in [0.15, 0.2) is 0 Å². The maximum Gasteiger partial charge on any atom is 0.303 e. The molecule has 1 rings (SSSR count). The first kappa shape index (κ1) is 12.8. The molecule has 1 N–H and O–H groups in total. The van der Waals surface area contributed by atoms with Crippen LogP contribution >= 0.6 is 11.8 Å². The zero-order valence-electron chi connectivity index (χ0n) is 9.66. The third kappa shape index (κ3) is 5.42. The van der Waals surface area contributed by atoms with E-state index in [4.69, 9.17) is 5.11 Å². The van der Waals surface area contributed by atoms with Gasteiger partial charge in [-0.25, -0.2) is 0 Å². The molecule has 0 aliphatic heterocycles. The molecule has 0 aromatic rings. The standard InChI is InChI=1S/C11H21NO2S/c1-12(2)6-3-7-15-9-11(4-5-11)8-10(13)14/h3-9H2,1-2H3,(H,13,14). The maximum absolute atomic E-state index is 10.6. The zero-order valence-corrected chi connectivity index (χ0v) is 10.5. The van der Waals surface area contributed by atoms with Gasteiger partial charge in [0.1, 0.15) is 0 Å². The lowest BCUT2D eigenvalue weighted by atomic mass is 10.1. The van der Waals surface area contributed by atoms with Crippen molar-refractivity contribution in [1.29, 1.82) is 0 Å². The van der Waals surface area contributed by atoms with Crippen molar-refractivity contribution in [2.24, 2.45) is 5.41 Å². The van der Waals surface area contributed by atoms with Gasteiger partial charge < -0.3 is 10.0 Å². The monoisotopic (exact) mass is 231 g/mol. The molecule has 0 amide bonds. The minimum Gasteiger partial charge on any atom is -0.481 e. The Morgan fingerprint density at radius 1 is 1.47 bits per heavy atom. The maximum atomic E-state index is 10.6. The Kier molecular flexibility index (Phi) is 4.93. The molecule has 15 heavy (non-hydrogen) atoms. The second-order valence-electron chi connectivity index (χ2n) is 4.78. The normalized spacial score (nSPS) is 18.1. The summed E-state index contributed by atoms with van der Waals surface area (Å²) in [5.41, 5.74) is 0.161. The fourth-order valence-electron chi connectivity index (χ4n) is 1.64. The molecule has 1 aliphatic carbocycles. The van der Waals surface area contributed by atoms with Gasteiger partial charge in [0.25, 0.3) is 0 Å². The molecule has 88 valence electrons. The summed E-state index contributed by atoms with van der Waals surface area (Å²) in [7, 11) is 4.16. The first-order valence-corrected chi connectivity index (χ1v) is 6.64. The Bertz CT molecular complexity index is 215. The minimum absolute atomic E-state index is 0.161. The third-order valence-corrected chi connectivity index (χ3v) is 4.18. The van der Waals surface area contributed by atoms with Crippen molar-refractivity contribution in [1.82, 2.24) is 4.90 Å². The van der Waals surface area contributed by atoms with E-state index in [0.29, 0.717) is 6.42 Å². The van der Waals surface area contributed by atoms with Crippen LogP contribution < -0.4 is 0 Å². The highest BCUT2D eigenvalue weighted by molar-refractivity contribution is 7.99. The first-order chi connectivity index (χ1) is 7.04. The van der Waals surface area contributed by atoms with E-state index in [1.165, 1.54) is 6.42 Å². The lowest BCUT2D eigenvalue weighted by Crippen LogP contribution is -2.14. The van der Waals surface area contributed by atoms with Crippen molar-refractivity contribution in [3.8, 4) is 0 Å². The molecule has 0 aromatic heterocycles. The van der Waals surface area contributed by atoms with Crippen LogP contribution in [0.3, 0.4) is 0 Å². The topological polar surface area (TPSA) is 40.5 Å².